The van der Waals surface area contributed by atoms with Gasteiger partial charge in [0.05, 0.1) is 6.04 Å². The summed E-state index contributed by atoms with van der Waals surface area (Å²) in [7, 11) is 1.97. The van der Waals surface area contributed by atoms with Crippen molar-refractivity contribution < 1.29 is 13.7 Å². The van der Waals surface area contributed by atoms with E-state index in [0.29, 0.717) is 30.2 Å². The molecule has 0 spiro atoms. The van der Waals surface area contributed by atoms with E-state index in [1.54, 1.807) is 0 Å². The molecule has 0 unspecified atom stereocenters. The normalized spacial score (nSPS) is 21.4. The van der Waals surface area contributed by atoms with Gasteiger partial charge in [-0.25, -0.2) is 4.39 Å². The average Bonchev–Trinajstić information content (AvgIpc) is 3.14. The highest BCUT2D eigenvalue weighted by Gasteiger charge is 2.35. The highest BCUT2D eigenvalue weighted by molar-refractivity contribution is 5.94. The van der Waals surface area contributed by atoms with Crippen LogP contribution in [0.1, 0.15) is 54.3 Å². The number of rotatable bonds is 4. The van der Waals surface area contributed by atoms with Gasteiger partial charge in [-0.15, -0.1) is 0 Å². The van der Waals surface area contributed by atoms with E-state index in [9.17, 15) is 9.18 Å². The van der Waals surface area contributed by atoms with E-state index in [1.165, 1.54) is 24.3 Å². The highest BCUT2D eigenvalue weighted by Crippen LogP contribution is 2.30. The summed E-state index contributed by atoms with van der Waals surface area (Å²) in [5, 5.41) is 6.98. The van der Waals surface area contributed by atoms with Gasteiger partial charge >= 0.3 is 0 Å². The van der Waals surface area contributed by atoms with Gasteiger partial charge in [-0.2, -0.15) is 4.98 Å². The molecular weight excluding hydrogens is 311 g/mol. The Hall–Kier alpha value is -2.28. The standard InChI is InChI=1S/C17H21FN4O2/c1-10(2)15-20-17(24-21-15)14-8-13(9-22(14)3)19-16(23)11-4-6-12(18)7-5-11/h4-7,10,13-14H,8-9H2,1-3H3,(H,19,23)/t13-,14-/m0/s1. The average molecular weight is 332 g/mol. The lowest BCUT2D eigenvalue weighted by Gasteiger charge is -2.14. The minimum atomic E-state index is -0.357. The van der Waals surface area contributed by atoms with Crippen molar-refractivity contribution in [2.45, 2.75) is 38.3 Å². The van der Waals surface area contributed by atoms with Crippen molar-refractivity contribution >= 4 is 5.91 Å². The van der Waals surface area contributed by atoms with Crippen LogP contribution in [-0.4, -0.2) is 40.6 Å². The first-order chi connectivity index (χ1) is 11.4. The Morgan fingerprint density at radius 1 is 1.38 bits per heavy atom. The van der Waals surface area contributed by atoms with Gasteiger partial charge in [-0.05, 0) is 37.7 Å². The summed E-state index contributed by atoms with van der Waals surface area (Å²) in [5.41, 5.74) is 0.447. The number of nitrogens with one attached hydrogen (secondary N) is 1. The first-order valence-corrected chi connectivity index (χ1v) is 8.04. The SMILES string of the molecule is CC(C)c1noc([C@@H]2C[C@H](NC(=O)c3ccc(F)cc3)CN2C)n1. The van der Waals surface area contributed by atoms with E-state index in [4.69, 9.17) is 4.52 Å². The van der Waals surface area contributed by atoms with Crippen molar-refractivity contribution in [1.82, 2.24) is 20.4 Å². The van der Waals surface area contributed by atoms with Crippen molar-refractivity contribution in [2.75, 3.05) is 13.6 Å². The van der Waals surface area contributed by atoms with E-state index in [2.05, 4.69) is 20.4 Å². The summed E-state index contributed by atoms with van der Waals surface area (Å²) in [6.07, 6.45) is 0.698. The van der Waals surface area contributed by atoms with E-state index in [-0.39, 0.29) is 29.7 Å². The van der Waals surface area contributed by atoms with E-state index in [0.717, 1.165) is 0 Å². The molecule has 2 atom stereocenters. The number of amides is 1. The van der Waals surface area contributed by atoms with Crippen molar-refractivity contribution in [3.8, 4) is 0 Å². The Labute approximate surface area is 140 Å². The Morgan fingerprint density at radius 3 is 2.71 bits per heavy atom. The lowest BCUT2D eigenvalue weighted by molar-refractivity contribution is 0.0938. The van der Waals surface area contributed by atoms with Crippen LogP contribution in [0.3, 0.4) is 0 Å². The molecule has 6 nitrogen and oxygen atoms in total. The molecule has 1 saturated heterocycles. The molecule has 1 aromatic heterocycles. The van der Waals surface area contributed by atoms with Crippen LogP contribution in [0.4, 0.5) is 4.39 Å². The maximum atomic E-state index is 12.9. The minimum absolute atomic E-state index is 0.0106. The second kappa shape index (κ2) is 6.68. The zero-order chi connectivity index (χ0) is 17.3. The monoisotopic (exact) mass is 332 g/mol. The van der Waals surface area contributed by atoms with Gasteiger partial charge in [-0.3, -0.25) is 9.69 Å². The number of likely N-dealkylation sites (N-methyl/N-ethyl adjacent to an activating group) is 1. The molecule has 3 rings (SSSR count). The van der Waals surface area contributed by atoms with Gasteiger partial charge in [0.2, 0.25) is 5.89 Å². The largest absolute Gasteiger partial charge is 0.348 e. The molecule has 7 heteroatoms. The fourth-order valence-corrected chi connectivity index (χ4v) is 2.88. The van der Waals surface area contributed by atoms with E-state index in [1.807, 2.05) is 20.9 Å². The molecule has 24 heavy (non-hydrogen) atoms. The molecule has 128 valence electrons. The van der Waals surface area contributed by atoms with Crippen molar-refractivity contribution in [2.24, 2.45) is 0 Å². The molecule has 0 bridgehead atoms. The van der Waals surface area contributed by atoms with E-state index >= 15 is 0 Å². The van der Waals surface area contributed by atoms with Crippen molar-refractivity contribution in [1.29, 1.82) is 0 Å². The predicted molar refractivity (Wildman–Crippen MR) is 86.0 cm³/mol. The lowest BCUT2D eigenvalue weighted by Crippen LogP contribution is -2.36. The summed E-state index contributed by atoms with van der Waals surface area (Å²) in [6.45, 7) is 4.72. The predicted octanol–water partition coefficient (Wildman–Crippen LogP) is 2.51. The van der Waals surface area contributed by atoms with Gasteiger partial charge in [0.25, 0.3) is 5.91 Å². The topological polar surface area (TPSA) is 71.3 Å². The number of hydrogen-bond acceptors (Lipinski definition) is 5. The van der Waals surface area contributed by atoms with Gasteiger partial charge in [0.1, 0.15) is 5.82 Å². The van der Waals surface area contributed by atoms with Gasteiger partial charge in [-0.1, -0.05) is 19.0 Å². The van der Waals surface area contributed by atoms with Gasteiger partial charge < -0.3 is 9.84 Å². The summed E-state index contributed by atoms with van der Waals surface area (Å²) < 4.78 is 18.3. The van der Waals surface area contributed by atoms with Crippen LogP contribution in [0.2, 0.25) is 0 Å². The molecule has 1 aromatic carbocycles. The first kappa shape index (κ1) is 16.6. The summed E-state index contributed by atoms with van der Waals surface area (Å²) in [4.78, 5) is 18.8. The molecule has 1 N–H and O–H groups in total. The number of carbonyl (C=O) groups is 1. The van der Waals surface area contributed by atoms with Crippen LogP contribution in [0.5, 0.6) is 0 Å². The molecule has 0 aliphatic carbocycles. The number of carbonyl (C=O) groups excluding carboxylic acids is 1. The maximum Gasteiger partial charge on any atom is 0.251 e. The molecule has 0 radical (unpaired) electrons. The highest BCUT2D eigenvalue weighted by atomic mass is 19.1. The summed E-state index contributed by atoms with van der Waals surface area (Å²) >= 11 is 0. The lowest BCUT2D eigenvalue weighted by atomic mass is 10.1. The van der Waals surface area contributed by atoms with Crippen LogP contribution < -0.4 is 5.32 Å². The van der Waals surface area contributed by atoms with Crippen molar-refractivity contribution in [3.05, 3.63) is 47.4 Å². The molecule has 1 amide bonds. The third-order valence-corrected chi connectivity index (χ3v) is 4.25. The number of hydrogen-bond donors (Lipinski definition) is 1. The van der Waals surface area contributed by atoms with Crippen LogP contribution in [0.15, 0.2) is 28.8 Å². The molecule has 2 aromatic rings. The number of benzene rings is 1. The fraction of sp³-hybridized carbons (Fsp3) is 0.471. The fourth-order valence-electron chi connectivity index (χ4n) is 2.88. The Morgan fingerprint density at radius 2 is 2.08 bits per heavy atom. The van der Waals surface area contributed by atoms with Gasteiger partial charge in [0.15, 0.2) is 5.82 Å². The van der Waals surface area contributed by atoms with E-state index < -0.39 is 0 Å². The zero-order valence-corrected chi connectivity index (χ0v) is 14.0. The third-order valence-electron chi connectivity index (χ3n) is 4.25. The molecule has 2 heterocycles. The number of halogens is 1. The molecule has 1 fully saturated rings. The smallest absolute Gasteiger partial charge is 0.251 e. The first-order valence-electron chi connectivity index (χ1n) is 8.04. The Bertz CT molecular complexity index is 714. The second-order valence-corrected chi connectivity index (χ2v) is 6.51. The summed E-state index contributed by atoms with van der Waals surface area (Å²) in [5.74, 6) is 0.923. The molecule has 1 aliphatic rings. The van der Waals surface area contributed by atoms with Gasteiger partial charge in [0, 0.05) is 24.1 Å². The number of nitrogens with zero attached hydrogens (tertiary/aromatic N) is 3. The van der Waals surface area contributed by atoms with Crippen LogP contribution in [-0.2, 0) is 0 Å². The van der Waals surface area contributed by atoms with Crippen molar-refractivity contribution in [3.63, 3.8) is 0 Å². The number of likely N-dealkylation sites (tertiary alicyclic amines) is 1. The quantitative estimate of drug-likeness (QED) is 0.931. The maximum absolute atomic E-state index is 12.9. The third kappa shape index (κ3) is 3.46. The summed E-state index contributed by atoms with van der Waals surface area (Å²) in [6, 6.07) is 5.49. The second-order valence-electron chi connectivity index (χ2n) is 6.51. The van der Waals surface area contributed by atoms with Crippen LogP contribution >= 0.6 is 0 Å². The Balaban J connectivity index is 1.64. The molecule has 0 saturated carbocycles. The minimum Gasteiger partial charge on any atom is -0.348 e. The van der Waals surface area contributed by atoms with Crippen LogP contribution in [0, 0.1) is 5.82 Å². The molecular formula is C17H21FN4O2. The number of aromatic nitrogens is 2. The molecule has 1 aliphatic heterocycles. The Kier molecular flexibility index (Phi) is 4.62. The van der Waals surface area contributed by atoms with Crippen LogP contribution in [0.25, 0.3) is 0 Å². The zero-order valence-electron chi connectivity index (χ0n) is 14.0.